The Bertz CT molecular complexity index is 512. The van der Waals surface area contributed by atoms with Crippen molar-refractivity contribution in [3.8, 4) is 0 Å². The van der Waals surface area contributed by atoms with Crippen LogP contribution < -0.4 is 5.32 Å². The van der Waals surface area contributed by atoms with Crippen LogP contribution >= 0.6 is 0 Å². The van der Waals surface area contributed by atoms with E-state index in [1.807, 2.05) is 32.0 Å². The number of carbonyl (C=O) groups is 1. The molecule has 122 valence electrons. The first-order valence-corrected chi connectivity index (χ1v) is 7.51. The van der Waals surface area contributed by atoms with Crippen molar-refractivity contribution in [2.45, 2.75) is 33.7 Å². The van der Waals surface area contributed by atoms with Crippen LogP contribution in [0.15, 0.2) is 29.3 Å². The first-order chi connectivity index (χ1) is 10.4. The molecule has 0 saturated heterocycles. The zero-order chi connectivity index (χ0) is 16.5. The summed E-state index contributed by atoms with van der Waals surface area (Å²) in [5.74, 6) is 0.132. The van der Waals surface area contributed by atoms with E-state index in [1.54, 1.807) is 13.2 Å². The lowest BCUT2D eigenvalue weighted by molar-refractivity contribution is 0.0953. The Labute approximate surface area is 132 Å². The van der Waals surface area contributed by atoms with Gasteiger partial charge in [-0.15, -0.1) is 0 Å². The van der Waals surface area contributed by atoms with Gasteiger partial charge in [0.05, 0.1) is 12.6 Å². The van der Waals surface area contributed by atoms with Crippen LogP contribution in [0, 0.1) is 12.8 Å². The van der Waals surface area contributed by atoms with Gasteiger partial charge in [-0.1, -0.05) is 31.5 Å². The second kappa shape index (κ2) is 9.20. The van der Waals surface area contributed by atoms with E-state index in [2.05, 4.69) is 24.2 Å². The van der Waals surface area contributed by atoms with Crippen LogP contribution in [0.5, 0.6) is 0 Å². The minimum absolute atomic E-state index is 0.0513. The van der Waals surface area contributed by atoms with Crippen LogP contribution in [0.4, 0.5) is 0 Å². The maximum absolute atomic E-state index is 12.3. The summed E-state index contributed by atoms with van der Waals surface area (Å²) in [5.41, 5.74) is 1.61. The molecule has 0 unspecified atom stereocenters. The second-order valence-corrected chi connectivity index (χ2v) is 5.58. The second-order valence-electron chi connectivity index (χ2n) is 5.58. The van der Waals surface area contributed by atoms with Crippen LogP contribution in [0.3, 0.4) is 0 Å². The molecule has 0 fully saturated rings. The molecule has 22 heavy (non-hydrogen) atoms. The highest BCUT2D eigenvalue weighted by atomic mass is 16.5. The molecule has 0 heterocycles. The molecule has 0 saturated carbocycles. The number of aliphatic imine (C=N–C) groups is 1. The highest BCUT2D eigenvalue weighted by molar-refractivity contribution is 6.04. The monoisotopic (exact) mass is 306 g/mol. The van der Waals surface area contributed by atoms with Crippen LogP contribution in [-0.2, 0) is 9.47 Å². The van der Waals surface area contributed by atoms with Crippen molar-refractivity contribution in [3.05, 3.63) is 35.4 Å². The summed E-state index contributed by atoms with van der Waals surface area (Å²) in [6.07, 6.45) is 0. The van der Waals surface area contributed by atoms with Crippen molar-refractivity contribution >= 4 is 11.9 Å². The third-order valence-electron chi connectivity index (χ3n) is 3.31. The van der Waals surface area contributed by atoms with Crippen LogP contribution in [-0.4, -0.2) is 38.3 Å². The number of methoxy groups -OCH3 is 1. The predicted octanol–water partition coefficient (Wildman–Crippen LogP) is 2.79. The molecular formula is C17H26N2O3. The Morgan fingerprint density at radius 1 is 1.27 bits per heavy atom. The molecule has 5 heteroatoms. The maximum atomic E-state index is 12.3. The van der Waals surface area contributed by atoms with E-state index in [9.17, 15) is 4.79 Å². The number of nitrogens with zero attached hydrogens (tertiary/aromatic N) is 1. The number of amidine groups is 1. The molecule has 1 atom stereocenters. The van der Waals surface area contributed by atoms with E-state index in [1.165, 1.54) is 0 Å². The molecule has 1 aromatic carbocycles. The Morgan fingerprint density at radius 2 is 2.00 bits per heavy atom. The van der Waals surface area contributed by atoms with E-state index in [0.717, 1.165) is 5.56 Å². The average molecular weight is 306 g/mol. The van der Waals surface area contributed by atoms with E-state index in [0.29, 0.717) is 24.7 Å². The summed E-state index contributed by atoms with van der Waals surface area (Å²) in [6, 6.07) is 7.68. The van der Waals surface area contributed by atoms with Gasteiger partial charge in [0.2, 0.25) is 0 Å². The van der Waals surface area contributed by atoms with Crippen LogP contribution in [0.25, 0.3) is 0 Å². The van der Waals surface area contributed by atoms with Gasteiger partial charge in [0.25, 0.3) is 11.9 Å². The summed E-state index contributed by atoms with van der Waals surface area (Å²) in [6.45, 7) is 8.86. The third kappa shape index (κ3) is 6.26. The fourth-order valence-corrected chi connectivity index (χ4v) is 1.62. The lowest BCUT2D eigenvalue weighted by Crippen LogP contribution is -2.34. The van der Waals surface area contributed by atoms with Gasteiger partial charge < -0.3 is 9.47 Å². The number of nitrogens with one attached hydrogen (secondary N) is 1. The topological polar surface area (TPSA) is 59.9 Å². The van der Waals surface area contributed by atoms with Gasteiger partial charge >= 0.3 is 0 Å². The lowest BCUT2D eigenvalue weighted by Gasteiger charge is -2.15. The minimum Gasteiger partial charge on any atom is -0.463 e. The predicted molar refractivity (Wildman–Crippen MR) is 88.2 cm³/mol. The summed E-state index contributed by atoms with van der Waals surface area (Å²) in [5, 5.41) is 2.74. The Kier molecular flexibility index (Phi) is 7.60. The molecule has 0 aliphatic carbocycles. The number of aryl methyl sites for hydroxylation is 1. The van der Waals surface area contributed by atoms with Crippen molar-refractivity contribution in [1.82, 2.24) is 5.32 Å². The number of amides is 1. The molecule has 0 radical (unpaired) electrons. The maximum Gasteiger partial charge on any atom is 0.292 e. The highest BCUT2D eigenvalue weighted by Crippen LogP contribution is 2.07. The third-order valence-corrected chi connectivity index (χ3v) is 3.31. The smallest absolute Gasteiger partial charge is 0.292 e. The summed E-state index contributed by atoms with van der Waals surface area (Å²) in [4.78, 5) is 16.7. The van der Waals surface area contributed by atoms with Gasteiger partial charge in [0.1, 0.15) is 6.61 Å². The minimum atomic E-state index is -0.226. The Hall–Kier alpha value is -1.88. The van der Waals surface area contributed by atoms with Gasteiger partial charge in [0.15, 0.2) is 0 Å². The SMILES string of the molecule is COCCOC(=N[C@@H](C)C(C)C)NC(=O)c1cccc(C)c1. The molecule has 1 amide bonds. The molecule has 1 aromatic rings. The Balaban J connectivity index is 2.80. The number of rotatable bonds is 6. The first-order valence-electron chi connectivity index (χ1n) is 7.51. The van der Waals surface area contributed by atoms with E-state index < -0.39 is 0 Å². The molecule has 1 rings (SSSR count). The first kappa shape index (κ1) is 18.2. The van der Waals surface area contributed by atoms with Crippen LogP contribution in [0.2, 0.25) is 0 Å². The zero-order valence-electron chi connectivity index (χ0n) is 14.1. The molecule has 0 aliphatic heterocycles. The van der Waals surface area contributed by atoms with Gasteiger partial charge in [0, 0.05) is 12.7 Å². The number of ether oxygens (including phenoxy) is 2. The van der Waals surface area contributed by atoms with Gasteiger partial charge in [-0.05, 0) is 31.9 Å². The summed E-state index contributed by atoms with van der Waals surface area (Å²) < 4.78 is 10.5. The van der Waals surface area contributed by atoms with E-state index >= 15 is 0 Å². The average Bonchev–Trinajstić information content (AvgIpc) is 2.47. The van der Waals surface area contributed by atoms with Crippen molar-refractivity contribution in [2.75, 3.05) is 20.3 Å². The fraction of sp³-hybridized carbons (Fsp3) is 0.529. The van der Waals surface area contributed by atoms with Crippen LogP contribution in [0.1, 0.15) is 36.7 Å². The molecule has 5 nitrogen and oxygen atoms in total. The molecule has 0 aromatic heterocycles. The van der Waals surface area contributed by atoms with Crippen molar-refractivity contribution < 1.29 is 14.3 Å². The normalized spacial score (nSPS) is 13.1. The molecule has 0 spiro atoms. The van der Waals surface area contributed by atoms with E-state index in [4.69, 9.17) is 9.47 Å². The quantitative estimate of drug-likeness (QED) is 0.499. The standard InChI is InChI=1S/C17H26N2O3/c1-12(2)14(4)18-17(22-10-9-21-5)19-16(20)15-8-6-7-13(3)11-15/h6-8,11-12,14H,9-10H2,1-5H3,(H,18,19,20)/t14-/m0/s1. The number of carbonyl (C=O) groups excluding carboxylic acids is 1. The number of hydrogen-bond acceptors (Lipinski definition) is 4. The lowest BCUT2D eigenvalue weighted by atomic mass is 10.1. The highest BCUT2D eigenvalue weighted by Gasteiger charge is 2.13. The number of benzene rings is 1. The van der Waals surface area contributed by atoms with Gasteiger partial charge in [-0.3, -0.25) is 10.1 Å². The van der Waals surface area contributed by atoms with Crippen molar-refractivity contribution in [3.63, 3.8) is 0 Å². The molecule has 0 bridgehead atoms. The van der Waals surface area contributed by atoms with Crippen molar-refractivity contribution in [1.29, 1.82) is 0 Å². The molecule has 0 aliphatic rings. The fourth-order valence-electron chi connectivity index (χ4n) is 1.62. The van der Waals surface area contributed by atoms with Gasteiger partial charge in [-0.2, -0.15) is 0 Å². The van der Waals surface area contributed by atoms with E-state index in [-0.39, 0.29) is 18.0 Å². The zero-order valence-corrected chi connectivity index (χ0v) is 14.1. The largest absolute Gasteiger partial charge is 0.463 e. The molecular weight excluding hydrogens is 280 g/mol. The molecule has 1 N–H and O–H groups in total. The number of hydrogen-bond donors (Lipinski definition) is 1. The van der Waals surface area contributed by atoms with Gasteiger partial charge in [-0.25, -0.2) is 4.99 Å². The Morgan fingerprint density at radius 3 is 2.59 bits per heavy atom. The van der Waals surface area contributed by atoms with Crippen molar-refractivity contribution in [2.24, 2.45) is 10.9 Å². The summed E-state index contributed by atoms with van der Waals surface area (Å²) >= 11 is 0. The summed E-state index contributed by atoms with van der Waals surface area (Å²) in [7, 11) is 1.60.